The minimum Gasteiger partial charge on any atom is -0.493 e. The Kier molecular flexibility index (Phi) is 4.40. The normalized spacial score (nSPS) is 17.1. The maximum Gasteiger partial charge on any atom is 0.127 e. The Morgan fingerprint density at radius 2 is 1.95 bits per heavy atom. The molecule has 0 aliphatic heterocycles. The zero-order valence-corrected chi connectivity index (χ0v) is 13.2. The molecule has 0 aromatic heterocycles. The highest BCUT2D eigenvalue weighted by Crippen LogP contribution is 2.36. The molecule has 0 bridgehead atoms. The Hall–Kier alpha value is -1.06. The Balaban J connectivity index is 2.36. The van der Waals surface area contributed by atoms with Crippen molar-refractivity contribution in [1.29, 1.82) is 0 Å². The molecule has 2 rings (SSSR count). The minimum absolute atomic E-state index is 0.100. The molecule has 1 aliphatic carbocycles. The fraction of sp³-hybridized carbons (Fsp3) is 0.647. The first-order valence-corrected chi connectivity index (χ1v) is 7.56. The van der Waals surface area contributed by atoms with Crippen molar-refractivity contribution in [2.45, 2.75) is 52.0 Å². The van der Waals surface area contributed by atoms with Crippen LogP contribution in [-0.4, -0.2) is 13.2 Å². The lowest BCUT2D eigenvalue weighted by molar-refractivity contribution is 0.293. The van der Waals surface area contributed by atoms with Gasteiger partial charge in [-0.15, -0.1) is 0 Å². The van der Waals surface area contributed by atoms with Gasteiger partial charge in [-0.05, 0) is 48.3 Å². The number of hydrogen-bond donors (Lipinski definition) is 2. The first kappa shape index (κ1) is 15.3. The Labute approximate surface area is 122 Å². The maximum absolute atomic E-state index is 6.19. The largest absolute Gasteiger partial charge is 0.493 e. The van der Waals surface area contributed by atoms with E-state index in [9.17, 15) is 0 Å². The molecule has 0 heterocycles. The van der Waals surface area contributed by atoms with Gasteiger partial charge in [0.2, 0.25) is 0 Å². The summed E-state index contributed by atoms with van der Waals surface area (Å²) in [6, 6.07) is 4.23. The van der Waals surface area contributed by atoms with Crippen molar-refractivity contribution >= 4 is 0 Å². The summed E-state index contributed by atoms with van der Waals surface area (Å²) in [5.74, 6) is 1.68. The van der Waals surface area contributed by atoms with Crippen molar-refractivity contribution < 1.29 is 4.74 Å². The van der Waals surface area contributed by atoms with E-state index in [0.717, 1.165) is 29.4 Å². The standard InChI is InChI=1S/C17H28N2O/c1-11-7-13(17(2,3)4)8-14(15(19)9-18)16(11)20-10-12-5-6-12/h7-8,12,15H,5-6,9-10,18-19H2,1-4H3. The highest BCUT2D eigenvalue weighted by Gasteiger charge is 2.25. The van der Waals surface area contributed by atoms with Crippen LogP contribution in [0.2, 0.25) is 0 Å². The first-order chi connectivity index (χ1) is 9.32. The summed E-state index contributed by atoms with van der Waals surface area (Å²) in [7, 11) is 0. The lowest BCUT2D eigenvalue weighted by Crippen LogP contribution is -2.23. The molecule has 0 radical (unpaired) electrons. The third kappa shape index (κ3) is 3.53. The van der Waals surface area contributed by atoms with Crippen molar-refractivity contribution in [3.63, 3.8) is 0 Å². The van der Waals surface area contributed by atoms with Gasteiger partial charge in [0, 0.05) is 18.2 Å². The van der Waals surface area contributed by atoms with Gasteiger partial charge >= 0.3 is 0 Å². The summed E-state index contributed by atoms with van der Waals surface area (Å²) in [5.41, 5.74) is 15.6. The van der Waals surface area contributed by atoms with Crippen molar-refractivity contribution in [2.24, 2.45) is 17.4 Å². The Morgan fingerprint density at radius 3 is 2.45 bits per heavy atom. The number of rotatable bonds is 5. The van der Waals surface area contributed by atoms with Crippen LogP contribution in [0.5, 0.6) is 5.75 Å². The average molecular weight is 276 g/mol. The summed E-state index contributed by atoms with van der Waals surface area (Å²) < 4.78 is 6.05. The molecule has 3 heteroatoms. The molecule has 1 atom stereocenters. The van der Waals surface area contributed by atoms with Gasteiger partial charge in [-0.25, -0.2) is 0 Å². The summed E-state index contributed by atoms with van der Waals surface area (Å²) in [5, 5.41) is 0. The van der Waals surface area contributed by atoms with E-state index < -0.39 is 0 Å². The zero-order chi connectivity index (χ0) is 14.9. The van der Waals surface area contributed by atoms with Crippen LogP contribution in [0.4, 0.5) is 0 Å². The van der Waals surface area contributed by atoms with Crippen molar-refractivity contribution in [1.82, 2.24) is 0 Å². The number of aryl methyl sites for hydroxylation is 1. The molecule has 1 fully saturated rings. The first-order valence-electron chi connectivity index (χ1n) is 7.56. The molecule has 1 saturated carbocycles. The summed E-state index contributed by atoms with van der Waals surface area (Å²) in [6.45, 7) is 9.98. The zero-order valence-electron chi connectivity index (χ0n) is 13.2. The van der Waals surface area contributed by atoms with Gasteiger partial charge in [0.15, 0.2) is 0 Å². The van der Waals surface area contributed by atoms with Crippen LogP contribution in [-0.2, 0) is 5.41 Å². The van der Waals surface area contributed by atoms with Crippen LogP contribution >= 0.6 is 0 Å². The Morgan fingerprint density at radius 1 is 1.30 bits per heavy atom. The van der Waals surface area contributed by atoms with Crippen LogP contribution in [0, 0.1) is 12.8 Å². The number of nitrogens with two attached hydrogens (primary N) is 2. The molecule has 3 nitrogen and oxygen atoms in total. The minimum atomic E-state index is -0.162. The van der Waals surface area contributed by atoms with Crippen LogP contribution in [0.1, 0.15) is 56.3 Å². The second-order valence-electron chi connectivity index (χ2n) is 7.06. The lowest BCUT2D eigenvalue weighted by atomic mass is 9.84. The van der Waals surface area contributed by atoms with E-state index in [0.29, 0.717) is 6.54 Å². The fourth-order valence-electron chi connectivity index (χ4n) is 2.32. The second kappa shape index (κ2) is 5.74. The third-order valence-corrected chi connectivity index (χ3v) is 3.98. The predicted octanol–water partition coefficient (Wildman–Crippen LogP) is 3.04. The van der Waals surface area contributed by atoms with Crippen LogP contribution in [0.25, 0.3) is 0 Å². The van der Waals surface area contributed by atoms with Gasteiger partial charge < -0.3 is 16.2 Å². The predicted molar refractivity (Wildman–Crippen MR) is 84.1 cm³/mol. The highest BCUT2D eigenvalue weighted by molar-refractivity contribution is 5.47. The van der Waals surface area contributed by atoms with Crippen molar-refractivity contribution in [3.8, 4) is 5.75 Å². The van der Waals surface area contributed by atoms with E-state index in [4.69, 9.17) is 16.2 Å². The highest BCUT2D eigenvalue weighted by atomic mass is 16.5. The van der Waals surface area contributed by atoms with Gasteiger partial charge in [0.1, 0.15) is 5.75 Å². The molecule has 112 valence electrons. The smallest absolute Gasteiger partial charge is 0.127 e. The molecular weight excluding hydrogens is 248 g/mol. The summed E-state index contributed by atoms with van der Waals surface area (Å²) >= 11 is 0. The average Bonchev–Trinajstić information content (AvgIpc) is 3.18. The molecule has 20 heavy (non-hydrogen) atoms. The number of ether oxygens (including phenoxy) is 1. The molecule has 4 N–H and O–H groups in total. The number of benzene rings is 1. The summed E-state index contributed by atoms with van der Waals surface area (Å²) in [6.07, 6.45) is 2.58. The quantitative estimate of drug-likeness (QED) is 0.869. The molecule has 1 aliphatic rings. The van der Waals surface area contributed by atoms with E-state index in [1.54, 1.807) is 0 Å². The molecular formula is C17H28N2O. The molecule has 0 amide bonds. The SMILES string of the molecule is Cc1cc(C(C)(C)C)cc(C(N)CN)c1OCC1CC1. The van der Waals surface area contributed by atoms with E-state index in [1.165, 1.54) is 18.4 Å². The summed E-state index contributed by atoms with van der Waals surface area (Å²) in [4.78, 5) is 0. The van der Waals surface area contributed by atoms with Gasteiger partial charge in [-0.3, -0.25) is 0 Å². The van der Waals surface area contributed by atoms with Crippen LogP contribution in [0.15, 0.2) is 12.1 Å². The van der Waals surface area contributed by atoms with Gasteiger partial charge in [-0.2, -0.15) is 0 Å². The molecule has 0 spiro atoms. The molecule has 0 saturated heterocycles. The molecule has 1 aromatic rings. The number of hydrogen-bond acceptors (Lipinski definition) is 3. The van der Waals surface area contributed by atoms with E-state index >= 15 is 0 Å². The topological polar surface area (TPSA) is 61.3 Å². The third-order valence-electron chi connectivity index (χ3n) is 3.98. The lowest BCUT2D eigenvalue weighted by Gasteiger charge is -2.25. The van der Waals surface area contributed by atoms with Gasteiger partial charge in [-0.1, -0.05) is 26.8 Å². The second-order valence-corrected chi connectivity index (χ2v) is 7.06. The van der Waals surface area contributed by atoms with Crippen molar-refractivity contribution in [3.05, 3.63) is 28.8 Å². The maximum atomic E-state index is 6.19. The van der Waals surface area contributed by atoms with Crippen molar-refractivity contribution in [2.75, 3.05) is 13.2 Å². The van der Waals surface area contributed by atoms with Crippen LogP contribution < -0.4 is 16.2 Å². The van der Waals surface area contributed by atoms with Gasteiger partial charge in [0.05, 0.1) is 6.61 Å². The fourth-order valence-corrected chi connectivity index (χ4v) is 2.32. The molecule has 1 aromatic carbocycles. The van der Waals surface area contributed by atoms with E-state index in [2.05, 4.69) is 39.8 Å². The molecule has 1 unspecified atom stereocenters. The van der Waals surface area contributed by atoms with E-state index in [-0.39, 0.29) is 11.5 Å². The van der Waals surface area contributed by atoms with Gasteiger partial charge in [0.25, 0.3) is 0 Å². The monoisotopic (exact) mass is 276 g/mol. The van der Waals surface area contributed by atoms with Crippen LogP contribution in [0.3, 0.4) is 0 Å². The Bertz CT molecular complexity index is 473. The van der Waals surface area contributed by atoms with E-state index in [1.807, 2.05) is 0 Å².